The summed E-state index contributed by atoms with van der Waals surface area (Å²) in [5.74, 6) is -0.861. The number of nitrogens with zero attached hydrogens (tertiary/aromatic N) is 4. The summed E-state index contributed by atoms with van der Waals surface area (Å²) in [6.07, 6.45) is 3.98. The molecule has 5 rings (SSSR count). The second-order valence-corrected chi connectivity index (χ2v) is 10.9. The van der Waals surface area contributed by atoms with Crippen LogP contribution in [0.3, 0.4) is 0 Å². The van der Waals surface area contributed by atoms with E-state index < -0.39 is 17.0 Å². The van der Waals surface area contributed by atoms with Gasteiger partial charge in [0, 0.05) is 19.0 Å². The molecular weight excluding hydrogens is 498 g/mol. The molecule has 0 bridgehead atoms. The largest absolute Gasteiger partial charge is 0.384 e. The van der Waals surface area contributed by atoms with Gasteiger partial charge in [-0.25, -0.2) is 9.78 Å². The number of ketones is 1. The predicted molar refractivity (Wildman–Crippen MR) is 142 cm³/mol. The Morgan fingerprint density at radius 3 is 2.53 bits per heavy atom. The summed E-state index contributed by atoms with van der Waals surface area (Å²) in [5, 5.41) is 1.08. The second-order valence-electron chi connectivity index (χ2n) is 8.84. The van der Waals surface area contributed by atoms with Crippen LogP contribution in [-0.2, 0) is 33.5 Å². The number of thioether (sulfide) groups is 1. The molecule has 0 saturated carbocycles. The zero-order valence-corrected chi connectivity index (χ0v) is 21.6. The van der Waals surface area contributed by atoms with Crippen LogP contribution in [0.2, 0.25) is 0 Å². The van der Waals surface area contributed by atoms with E-state index in [-0.39, 0.29) is 22.7 Å². The topological polar surface area (TPSA) is 122 Å². The van der Waals surface area contributed by atoms with Crippen molar-refractivity contribution in [3.63, 3.8) is 0 Å². The molecule has 186 valence electrons. The van der Waals surface area contributed by atoms with Crippen molar-refractivity contribution in [2.45, 2.75) is 37.4 Å². The van der Waals surface area contributed by atoms with E-state index in [1.165, 1.54) is 19.0 Å². The standard InChI is InChI=1S/C25H25N5O4S2/c1-28-20(26)19(22(32)29(2)25(28)34)16(31)13-35-24-27-21-18(15-10-6-7-11-17(15)36-21)23(33)30(24)12-14-8-4-3-5-9-14/h3-5,8-9H,6-7,10-13,26H2,1-2H3. The van der Waals surface area contributed by atoms with Crippen molar-refractivity contribution in [3.05, 3.63) is 83.1 Å². The van der Waals surface area contributed by atoms with Gasteiger partial charge in [-0.15, -0.1) is 11.3 Å². The zero-order valence-electron chi connectivity index (χ0n) is 19.9. The highest BCUT2D eigenvalue weighted by molar-refractivity contribution is 7.99. The van der Waals surface area contributed by atoms with Crippen LogP contribution in [0.4, 0.5) is 5.82 Å². The first-order chi connectivity index (χ1) is 17.3. The molecule has 11 heteroatoms. The fourth-order valence-corrected chi connectivity index (χ4v) is 6.73. The van der Waals surface area contributed by atoms with Crippen LogP contribution < -0.4 is 22.5 Å². The Kier molecular flexibility index (Phi) is 6.44. The molecule has 3 aromatic heterocycles. The third-order valence-corrected chi connectivity index (χ3v) is 8.71. The molecule has 1 aromatic carbocycles. The van der Waals surface area contributed by atoms with E-state index in [0.29, 0.717) is 21.9 Å². The SMILES string of the molecule is Cn1c(N)c(C(=O)CSc2nc3sc4c(c3c(=O)n2Cc2ccccc2)CCCC4)c(=O)n(C)c1=O. The van der Waals surface area contributed by atoms with Gasteiger partial charge in [-0.1, -0.05) is 42.1 Å². The molecule has 1 aliphatic rings. The number of thiophene rings is 1. The van der Waals surface area contributed by atoms with Crippen LogP contribution in [0, 0.1) is 0 Å². The molecule has 4 aromatic rings. The molecule has 1 aliphatic carbocycles. The summed E-state index contributed by atoms with van der Waals surface area (Å²) < 4.78 is 3.55. The lowest BCUT2D eigenvalue weighted by molar-refractivity contribution is 0.102. The van der Waals surface area contributed by atoms with Gasteiger partial charge in [0.05, 0.1) is 17.7 Å². The van der Waals surface area contributed by atoms with Crippen LogP contribution in [0.25, 0.3) is 10.2 Å². The van der Waals surface area contributed by atoms with Crippen LogP contribution in [0.1, 0.15) is 39.2 Å². The average molecular weight is 524 g/mol. The summed E-state index contributed by atoms with van der Waals surface area (Å²) in [4.78, 5) is 58.3. The number of anilines is 1. The van der Waals surface area contributed by atoms with Crippen LogP contribution >= 0.6 is 23.1 Å². The molecule has 0 atom stereocenters. The smallest absolute Gasteiger partial charge is 0.332 e. The van der Waals surface area contributed by atoms with Crippen LogP contribution in [-0.4, -0.2) is 30.2 Å². The van der Waals surface area contributed by atoms with Crippen molar-refractivity contribution in [1.82, 2.24) is 18.7 Å². The molecule has 0 unspecified atom stereocenters. The minimum atomic E-state index is -0.739. The Bertz CT molecular complexity index is 1680. The second kappa shape index (κ2) is 9.55. The predicted octanol–water partition coefficient (Wildman–Crippen LogP) is 2.34. The van der Waals surface area contributed by atoms with Gasteiger partial charge in [0.1, 0.15) is 16.2 Å². The number of hydrogen-bond donors (Lipinski definition) is 1. The average Bonchev–Trinajstić information content (AvgIpc) is 3.26. The molecule has 0 radical (unpaired) electrons. The summed E-state index contributed by atoms with van der Waals surface area (Å²) in [6, 6.07) is 9.61. The molecule has 3 heterocycles. The number of carbonyl (C=O) groups is 1. The van der Waals surface area contributed by atoms with Crippen LogP contribution in [0.5, 0.6) is 0 Å². The number of nitrogen functional groups attached to an aromatic ring is 1. The van der Waals surface area contributed by atoms with Crippen LogP contribution in [0.15, 0.2) is 49.9 Å². The maximum absolute atomic E-state index is 13.8. The number of fused-ring (bicyclic) bond motifs is 3. The van der Waals surface area contributed by atoms with Crippen molar-refractivity contribution in [3.8, 4) is 0 Å². The van der Waals surface area contributed by atoms with E-state index in [0.717, 1.165) is 57.7 Å². The number of aromatic nitrogens is 4. The first kappa shape index (κ1) is 24.3. The molecule has 2 N–H and O–H groups in total. The maximum atomic E-state index is 13.8. The first-order valence-corrected chi connectivity index (χ1v) is 13.4. The van der Waals surface area contributed by atoms with Gasteiger partial charge in [0.15, 0.2) is 10.9 Å². The summed E-state index contributed by atoms with van der Waals surface area (Å²) in [7, 11) is 2.71. The summed E-state index contributed by atoms with van der Waals surface area (Å²) in [5.41, 5.74) is 6.31. The highest BCUT2D eigenvalue weighted by Gasteiger charge is 2.24. The van der Waals surface area contributed by atoms with E-state index in [1.807, 2.05) is 30.3 Å². The van der Waals surface area contributed by atoms with Crippen molar-refractivity contribution in [1.29, 1.82) is 0 Å². The lowest BCUT2D eigenvalue weighted by atomic mass is 9.97. The highest BCUT2D eigenvalue weighted by Crippen LogP contribution is 2.35. The number of benzene rings is 1. The highest BCUT2D eigenvalue weighted by atomic mass is 32.2. The molecule has 0 aliphatic heterocycles. The van der Waals surface area contributed by atoms with Crippen molar-refractivity contribution < 1.29 is 4.79 Å². The molecule has 0 saturated heterocycles. The zero-order chi connectivity index (χ0) is 25.6. The summed E-state index contributed by atoms with van der Waals surface area (Å²) >= 11 is 2.65. The van der Waals surface area contributed by atoms with Gasteiger partial charge in [0.25, 0.3) is 11.1 Å². The molecule has 9 nitrogen and oxygen atoms in total. The Labute approximate surface area is 214 Å². The van der Waals surface area contributed by atoms with Gasteiger partial charge >= 0.3 is 5.69 Å². The van der Waals surface area contributed by atoms with E-state index in [9.17, 15) is 19.2 Å². The Hall–Kier alpha value is -3.44. The molecular formula is C25H25N5O4S2. The fraction of sp³-hybridized carbons (Fsp3) is 0.320. The minimum absolute atomic E-state index is 0.115. The third kappa shape index (κ3) is 4.11. The minimum Gasteiger partial charge on any atom is -0.384 e. The Balaban J connectivity index is 1.57. The number of rotatable bonds is 6. The number of Topliss-reactive ketones (excluding diaryl/α,β-unsaturated/α-hetero) is 1. The van der Waals surface area contributed by atoms with E-state index >= 15 is 0 Å². The Morgan fingerprint density at radius 2 is 1.78 bits per heavy atom. The number of aryl methyl sites for hydroxylation is 2. The Morgan fingerprint density at radius 1 is 1.06 bits per heavy atom. The lowest BCUT2D eigenvalue weighted by Gasteiger charge is -2.14. The van der Waals surface area contributed by atoms with Gasteiger partial charge < -0.3 is 5.73 Å². The third-order valence-electron chi connectivity index (χ3n) is 6.54. The molecule has 36 heavy (non-hydrogen) atoms. The molecule has 0 amide bonds. The van der Waals surface area contributed by atoms with Crippen molar-refractivity contribution >= 4 is 44.9 Å². The normalized spacial score (nSPS) is 13.2. The van der Waals surface area contributed by atoms with E-state index in [2.05, 4.69) is 0 Å². The quantitative estimate of drug-likeness (QED) is 0.234. The van der Waals surface area contributed by atoms with Crippen molar-refractivity contribution in [2.75, 3.05) is 11.5 Å². The molecule has 0 spiro atoms. The number of nitrogens with two attached hydrogens (primary N) is 1. The van der Waals surface area contributed by atoms with Gasteiger partial charge in [0.2, 0.25) is 0 Å². The van der Waals surface area contributed by atoms with Crippen molar-refractivity contribution in [2.24, 2.45) is 14.1 Å². The first-order valence-electron chi connectivity index (χ1n) is 11.6. The lowest BCUT2D eigenvalue weighted by Crippen LogP contribution is -2.41. The number of carbonyl (C=O) groups excluding carboxylic acids is 1. The fourth-order valence-electron chi connectivity index (χ4n) is 4.56. The maximum Gasteiger partial charge on any atom is 0.332 e. The van der Waals surface area contributed by atoms with Gasteiger partial charge in [-0.2, -0.15) is 0 Å². The molecule has 0 fully saturated rings. The summed E-state index contributed by atoms with van der Waals surface area (Å²) in [6.45, 7) is 0.313. The van der Waals surface area contributed by atoms with Gasteiger partial charge in [-0.05, 0) is 36.8 Å². The monoisotopic (exact) mass is 523 g/mol. The van der Waals surface area contributed by atoms with Gasteiger partial charge in [-0.3, -0.25) is 28.1 Å². The van der Waals surface area contributed by atoms with E-state index in [4.69, 9.17) is 10.7 Å². The number of hydrogen-bond acceptors (Lipinski definition) is 8. The van der Waals surface area contributed by atoms with E-state index in [1.54, 1.807) is 15.9 Å².